The maximum Gasteiger partial charge on any atom is 0.330 e. The molecule has 1 aromatic heterocycles. The molecule has 2 heterocycles. The summed E-state index contributed by atoms with van der Waals surface area (Å²) in [6.07, 6.45) is 2.52. The number of aromatic nitrogens is 2. The largest absolute Gasteiger partial charge is 0.390 e. The summed E-state index contributed by atoms with van der Waals surface area (Å²) in [7, 11) is 0. The third-order valence-electron chi connectivity index (χ3n) is 3.68. The van der Waals surface area contributed by atoms with Crippen LogP contribution in [0.25, 0.3) is 0 Å². The summed E-state index contributed by atoms with van der Waals surface area (Å²) in [4.78, 5) is 25.4. The zero-order valence-corrected chi connectivity index (χ0v) is 11.2. The maximum absolute atomic E-state index is 11.8. The van der Waals surface area contributed by atoms with Gasteiger partial charge in [-0.15, -0.1) is 0 Å². The van der Waals surface area contributed by atoms with E-state index in [4.69, 9.17) is 9.47 Å². The zero-order valence-electron chi connectivity index (χ0n) is 11.2. The summed E-state index contributed by atoms with van der Waals surface area (Å²) in [6.45, 7) is 1.95. The molecule has 20 heavy (non-hydrogen) atoms. The highest BCUT2D eigenvalue weighted by molar-refractivity contribution is 5.02. The lowest BCUT2D eigenvalue weighted by Gasteiger charge is -2.16. The van der Waals surface area contributed by atoms with Crippen LogP contribution in [0.5, 0.6) is 0 Å². The first-order valence-electron chi connectivity index (χ1n) is 6.82. The van der Waals surface area contributed by atoms with Gasteiger partial charge in [-0.25, -0.2) is 4.79 Å². The number of hydrogen-bond donors (Lipinski definition) is 2. The van der Waals surface area contributed by atoms with Gasteiger partial charge in [0.2, 0.25) is 0 Å². The number of hydrogen-bond acceptors (Lipinski definition) is 5. The molecule has 1 saturated carbocycles. The van der Waals surface area contributed by atoms with Crippen LogP contribution >= 0.6 is 0 Å². The summed E-state index contributed by atoms with van der Waals surface area (Å²) < 4.78 is 12.5. The van der Waals surface area contributed by atoms with Gasteiger partial charge < -0.3 is 14.6 Å². The van der Waals surface area contributed by atoms with E-state index < -0.39 is 29.7 Å². The Morgan fingerprint density at radius 2 is 2.25 bits per heavy atom. The number of H-pyrrole nitrogens is 1. The van der Waals surface area contributed by atoms with Gasteiger partial charge in [-0.2, -0.15) is 0 Å². The van der Waals surface area contributed by atoms with Crippen LogP contribution in [0.2, 0.25) is 0 Å². The van der Waals surface area contributed by atoms with E-state index in [0.717, 1.165) is 12.8 Å². The molecule has 3 atom stereocenters. The molecule has 1 saturated heterocycles. The number of aromatic amines is 1. The van der Waals surface area contributed by atoms with E-state index in [9.17, 15) is 14.7 Å². The molecular weight excluding hydrogens is 264 g/mol. The molecule has 110 valence electrons. The summed E-state index contributed by atoms with van der Waals surface area (Å²) in [5.74, 6) is 0. The van der Waals surface area contributed by atoms with E-state index in [0.29, 0.717) is 24.7 Å². The molecule has 1 aromatic rings. The van der Waals surface area contributed by atoms with Crippen molar-refractivity contribution in [3.8, 4) is 0 Å². The monoisotopic (exact) mass is 282 g/mol. The third kappa shape index (κ3) is 2.70. The van der Waals surface area contributed by atoms with Crippen molar-refractivity contribution in [2.24, 2.45) is 0 Å². The lowest BCUT2D eigenvalue weighted by atomic mass is 10.2. The number of rotatable bonds is 4. The predicted molar refractivity (Wildman–Crippen MR) is 69.6 cm³/mol. The minimum atomic E-state index is -0.669. The predicted octanol–water partition coefficient (Wildman–Crippen LogP) is -0.328. The molecule has 1 unspecified atom stereocenters. The average Bonchev–Trinajstić information content (AvgIpc) is 3.15. The molecule has 2 aliphatic rings. The van der Waals surface area contributed by atoms with Gasteiger partial charge in [-0.1, -0.05) is 0 Å². The topological polar surface area (TPSA) is 93.6 Å². The standard InChI is InChI=1S/C13H18N2O5/c1-7-5-15(13(18)14-12(7)17)11-4-9(16)10(20-11)6-19-8-2-3-8/h5,8-11,16H,2-4,6H2,1H3,(H,14,17,18)/t9?,10-,11-/m1/s1. The van der Waals surface area contributed by atoms with Crippen LogP contribution in [0.1, 0.15) is 31.1 Å². The molecular formula is C13H18N2O5. The summed E-state index contributed by atoms with van der Waals surface area (Å²) in [5, 5.41) is 9.98. The van der Waals surface area contributed by atoms with Crippen LogP contribution < -0.4 is 11.2 Å². The van der Waals surface area contributed by atoms with Gasteiger partial charge in [0.15, 0.2) is 0 Å². The van der Waals surface area contributed by atoms with E-state index in [1.165, 1.54) is 10.8 Å². The van der Waals surface area contributed by atoms with E-state index in [1.807, 2.05) is 0 Å². The minimum Gasteiger partial charge on any atom is -0.390 e. The van der Waals surface area contributed by atoms with Crippen molar-refractivity contribution in [3.63, 3.8) is 0 Å². The van der Waals surface area contributed by atoms with Crippen LogP contribution in [-0.4, -0.2) is 39.6 Å². The highest BCUT2D eigenvalue weighted by Gasteiger charge is 2.37. The number of aliphatic hydroxyl groups is 1. The van der Waals surface area contributed by atoms with Crippen LogP contribution in [0, 0.1) is 6.92 Å². The fourth-order valence-corrected chi connectivity index (χ4v) is 2.30. The van der Waals surface area contributed by atoms with Gasteiger partial charge in [-0.05, 0) is 19.8 Å². The van der Waals surface area contributed by atoms with E-state index in [2.05, 4.69) is 4.98 Å². The molecule has 2 N–H and O–H groups in total. The van der Waals surface area contributed by atoms with Gasteiger partial charge in [0.1, 0.15) is 12.3 Å². The Hall–Kier alpha value is -1.44. The van der Waals surface area contributed by atoms with E-state index >= 15 is 0 Å². The van der Waals surface area contributed by atoms with Crippen LogP contribution in [-0.2, 0) is 9.47 Å². The lowest BCUT2D eigenvalue weighted by Crippen LogP contribution is -2.33. The highest BCUT2D eigenvalue weighted by atomic mass is 16.6. The van der Waals surface area contributed by atoms with Crippen molar-refractivity contribution >= 4 is 0 Å². The first-order valence-corrected chi connectivity index (χ1v) is 6.82. The van der Waals surface area contributed by atoms with Crippen molar-refractivity contribution in [1.29, 1.82) is 0 Å². The molecule has 0 radical (unpaired) electrons. The maximum atomic E-state index is 11.8. The summed E-state index contributed by atoms with van der Waals surface area (Å²) in [5.41, 5.74) is -0.500. The summed E-state index contributed by atoms with van der Waals surface area (Å²) >= 11 is 0. The second-order valence-electron chi connectivity index (χ2n) is 5.44. The Bertz CT molecular complexity index is 604. The number of ether oxygens (including phenoxy) is 2. The van der Waals surface area contributed by atoms with Crippen LogP contribution in [0.15, 0.2) is 15.8 Å². The Morgan fingerprint density at radius 1 is 1.50 bits per heavy atom. The van der Waals surface area contributed by atoms with Gasteiger partial charge in [0, 0.05) is 18.2 Å². The van der Waals surface area contributed by atoms with Gasteiger partial charge in [0.25, 0.3) is 5.56 Å². The zero-order chi connectivity index (χ0) is 14.3. The molecule has 0 aromatic carbocycles. The fourth-order valence-electron chi connectivity index (χ4n) is 2.30. The van der Waals surface area contributed by atoms with E-state index in [-0.39, 0.29) is 0 Å². The van der Waals surface area contributed by atoms with Crippen LogP contribution in [0.4, 0.5) is 0 Å². The number of aliphatic hydroxyl groups excluding tert-OH is 1. The molecule has 3 rings (SSSR count). The van der Waals surface area contributed by atoms with Crippen molar-refractivity contribution < 1.29 is 14.6 Å². The van der Waals surface area contributed by atoms with Gasteiger partial charge in [-0.3, -0.25) is 14.3 Å². The van der Waals surface area contributed by atoms with Crippen molar-refractivity contribution in [2.45, 2.75) is 50.7 Å². The average molecular weight is 282 g/mol. The highest BCUT2D eigenvalue weighted by Crippen LogP contribution is 2.30. The lowest BCUT2D eigenvalue weighted by molar-refractivity contribution is -0.0668. The molecule has 7 nitrogen and oxygen atoms in total. The van der Waals surface area contributed by atoms with Gasteiger partial charge >= 0.3 is 5.69 Å². The van der Waals surface area contributed by atoms with E-state index in [1.54, 1.807) is 6.92 Å². The first kappa shape index (κ1) is 13.5. The van der Waals surface area contributed by atoms with Crippen molar-refractivity contribution in [2.75, 3.05) is 6.61 Å². The minimum absolute atomic E-state index is 0.294. The Balaban J connectivity index is 1.73. The molecule has 2 fully saturated rings. The molecule has 1 aliphatic carbocycles. The number of nitrogens with one attached hydrogen (secondary N) is 1. The smallest absolute Gasteiger partial charge is 0.330 e. The molecule has 0 spiro atoms. The normalized spacial score (nSPS) is 29.8. The quantitative estimate of drug-likeness (QED) is 0.789. The molecule has 0 bridgehead atoms. The van der Waals surface area contributed by atoms with Crippen LogP contribution in [0.3, 0.4) is 0 Å². The first-order chi connectivity index (χ1) is 9.54. The van der Waals surface area contributed by atoms with Crippen molar-refractivity contribution in [3.05, 3.63) is 32.6 Å². The number of nitrogens with zero attached hydrogens (tertiary/aromatic N) is 1. The third-order valence-corrected chi connectivity index (χ3v) is 3.68. The summed E-state index contributed by atoms with van der Waals surface area (Å²) in [6, 6.07) is 0. The molecule has 0 amide bonds. The second kappa shape index (κ2) is 5.16. The van der Waals surface area contributed by atoms with Gasteiger partial charge in [0.05, 0.1) is 18.8 Å². The second-order valence-corrected chi connectivity index (χ2v) is 5.44. The Labute approximate surface area is 115 Å². The fraction of sp³-hybridized carbons (Fsp3) is 0.692. The Kier molecular flexibility index (Phi) is 3.49. The number of aryl methyl sites for hydroxylation is 1. The van der Waals surface area contributed by atoms with Crippen molar-refractivity contribution in [1.82, 2.24) is 9.55 Å². The Morgan fingerprint density at radius 3 is 2.95 bits per heavy atom. The molecule has 1 aliphatic heterocycles. The molecule has 7 heteroatoms. The SMILES string of the molecule is Cc1cn([C@H]2CC(O)[C@@H](COC3CC3)O2)c(=O)[nH]c1=O.